The summed E-state index contributed by atoms with van der Waals surface area (Å²) in [5.74, 6) is 0.982. The van der Waals surface area contributed by atoms with Gasteiger partial charge >= 0.3 is 0 Å². The predicted molar refractivity (Wildman–Crippen MR) is 80.8 cm³/mol. The lowest BCUT2D eigenvalue weighted by Gasteiger charge is -2.09. The van der Waals surface area contributed by atoms with Crippen molar-refractivity contribution < 1.29 is 9.84 Å². The average Bonchev–Trinajstić information content (AvgIpc) is 2.40. The topological polar surface area (TPSA) is 29.5 Å². The summed E-state index contributed by atoms with van der Waals surface area (Å²) in [4.78, 5) is 0. The fourth-order valence-corrected chi connectivity index (χ4v) is 2.38. The fraction of sp³-hybridized carbons (Fsp3) is 0.647. The fourth-order valence-electron chi connectivity index (χ4n) is 2.38. The number of aryl methyl sites for hydroxylation is 2. The van der Waals surface area contributed by atoms with E-state index in [4.69, 9.17) is 4.74 Å². The summed E-state index contributed by atoms with van der Waals surface area (Å²) in [6, 6.07) is 6.45. The van der Waals surface area contributed by atoms with E-state index in [1.165, 1.54) is 24.0 Å². The van der Waals surface area contributed by atoms with Gasteiger partial charge in [0.1, 0.15) is 5.75 Å². The highest BCUT2D eigenvalue weighted by Gasteiger charge is 2.03. The van der Waals surface area contributed by atoms with E-state index in [1.54, 1.807) is 7.11 Å². The molecule has 0 aliphatic carbocycles. The van der Waals surface area contributed by atoms with Crippen molar-refractivity contribution in [2.75, 3.05) is 7.11 Å². The summed E-state index contributed by atoms with van der Waals surface area (Å²) in [6.07, 6.45) is 7.47. The molecule has 1 unspecified atom stereocenters. The van der Waals surface area contributed by atoms with Crippen LogP contribution in [0, 0.1) is 6.92 Å². The maximum absolute atomic E-state index is 9.65. The van der Waals surface area contributed by atoms with E-state index in [1.807, 2.05) is 0 Å². The Kier molecular flexibility index (Phi) is 7.57. The minimum absolute atomic E-state index is 0.0931. The summed E-state index contributed by atoms with van der Waals surface area (Å²) in [7, 11) is 1.72. The van der Waals surface area contributed by atoms with Gasteiger partial charge in [-0.15, -0.1) is 0 Å². The third-order valence-electron chi connectivity index (χ3n) is 3.60. The Balaban J connectivity index is 2.22. The number of aliphatic hydroxyl groups excluding tert-OH is 1. The minimum atomic E-state index is -0.0931. The van der Waals surface area contributed by atoms with Gasteiger partial charge in [0, 0.05) is 0 Å². The molecule has 2 nitrogen and oxygen atoms in total. The second-order valence-electron chi connectivity index (χ2n) is 5.35. The van der Waals surface area contributed by atoms with Crippen LogP contribution in [0.2, 0.25) is 0 Å². The molecule has 1 aromatic rings. The predicted octanol–water partition coefficient (Wildman–Crippen LogP) is 4.27. The van der Waals surface area contributed by atoms with Gasteiger partial charge in [-0.05, 0) is 49.8 Å². The molecule has 1 rings (SSSR count). The Morgan fingerprint density at radius 3 is 2.63 bits per heavy atom. The van der Waals surface area contributed by atoms with Gasteiger partial charge in [-0.3, -0.25) is 0 Å². The quantitative estimate of drug-likeness (QED) is 0.675. The first-order valence-electron chi connectivity index (χ1n) is 7.49. The van der Waals surface area contributed by atoms with E-state index in [0.717, 1.165) is 37.9 Å². The molecule has 2 heteroatoms. The Bertz CT molecular complexity index is 360. The van der Waals surface area contributed by atoms with Crippen LogP contribution in [-0.4, -0.2) is 18.3 Å². The minimum Gasteiger partial charge on any atom is -0.496 e. The van der Waals surface area contributed by atoms with Crippen LogP contribution in [0.15, 0.2) is 18.2 Å². The summed E-state index contributed by atoms with van der Waals surface area (Å²) in [6.45, 7) is 4.19. The standard InChI is InChI=1S/C17H28O2/c1-4-8-16(18)10-7-5-6-9-15-12-11-14(2)17(13-15)19-3/h11-13,16,18H,4-10H2,1-3H3. The smallest absolute Gasteiger partial charge is 0.122 e. The van der Waals surface area contributed by atoms with Gasteiger partial charge in [-0.1, -0.05) is 38.3 Å². The normalized spacial score (nSPS) is 12.4. The average molecular weight is 264 g/mol. The molecule has 0 saturated heterocycles. The number of aliphatic hydroxyl groups is 1. The van der Waals surface area contributed by atoms with E-state index in [9.17, 15) is 5.11 Å². The van der Waals surface area contributed by atoms with E-state index in [2.05, 4.69) is 32.0 Å². The van der Waals surface area contributed by atoms with Crippen molar-refractivity contribution in [3.8, 4) is 5.75 Å². The molecule has 0 spiro atoms. The van der Waals surface area contributed by atoms with Crippen LogP contribution >= 0.6 is 0 Å². The zero-order chi connectivity index (χ0) is 14.1. The zero-order valence-corrected chi connectivity index (χ0v) is 12.6. The summed E-state index contributed by atoms with van der Waals surface area (Å²) < 4.78 is 5.34. The molecule has 0 bridgehead atoms. The summed E-state index contributed by atoms with van der Waals surface area (Å²) >= 11 is 0. The molecule has 0 heterocycles. The third kappa shape index (κ3) is 6.11. The van der Waals surface area contributed by atoms with E-state index in [0.29, 0.717) is 0 Å². The molecular formula is C17H28O2. The lowest BCUT2D eigenvalue weighted by molar-refractivity contribution is 0.150. The van der Waals surface area contributed by atoms with Crippen LogP contribution in [0.5, 0.6) is 5.75 Å². The SMILES string of the molecule is CCCC(O)CCCCCc1ccc(C)c(OC)c1. The first-order valence-corrected chi connectivity index (χ1v) is 7.49. The number of benzene rings is 1. The van der Waals surface area contributed by atoms with E-state index < -0.39 is 0 Å². The molecule has 1 atom stereocenters. The van der Waals surface area contributed by atoms with Crippen molar-refractivity contribution >= 4 is 0 Å². The van der Waals surface area contributed by atoms with Crippen LogP contribution in [0.4, 0.5) is 0 Å². The van der Waals surface area contributed by atoms with Gasteiger partial charge in [0.15, 0.2) is 0 Å². The highest BCUT2D eigenvalue weighted by atomic mass is 16.5. The molecule has 0 fully saturated rings. The molecule has 1 N–H and O–H groups in total. The number of methoxy groups -OCH3 is 1. The number of hydrogen-bond acceptors (Lipinski definition) is 2. The Labute approximate surface area is 117 Å². The summed E-state index contributed by atoms with van der Waals surface area (Å²) in [5.41, 5.74) is 2.53. The van der Waals surface area contributed by atoms with Crippen molar-refractivity contribution in [2.45, 2.75) is 64.9 Å². The molecule has 0 amide bonds. The monoisotopic (exact) mass is 264 g/mol. The van der Waals surface area contributed by atoms with Crippen LogP contribution in [0.3, 0.4) is 0 Å². The number of ether oxygens (including phenoxy) is 1. The molecule has 19 heavy (non-hydrogen) atoms. The number of hydrogen-bond donors (Lipinski definition) is 1. The molecule has 0 aliphatic heterocycles. The maximum atomic E-state index is 9.65. The van der Waals surface area contributed by atoms with E-state index in [-0.39, 0.29) is 6.10 Å². The zero-order valence-electron chi connectivity index (χ0n) is 12.6. The Morgan fingerprint density at radius 1 is 1.16 bits per heavy atom. The van der Waals surface area contributed by atoms with Crippen molar-refractivity contribution in [3.05, 3.63) is 29.3 Å². The highest BCUT2D eigenvalue weighted by molar-refractivity contribution is 5.36. The largest absolute Gasteiger partial charge is 0.496 e. The highest BCUT2D eigenvalue weighted by Crippen LogP contribution is 2.20. The molecule has 0 saturated carbocycles. The molecular weight excluding hydrogens is 236 g/mol. The van der Waals surface area contributed by atoms with Crippen molar-refractivity contribution in [2.24, 2.45) is 0 Å². The number of unbranched alkanes of at least 4 members (excludes halogenated alkanes) is 2. The molecule has 0 radical (unpaired) electrons. The lowest BCUT2D eigenvalue weighted by atomic mass is 10.0. The second-order valence-corrected chi connectivity index (χ2v) is 5.35. The van der Waals surface area contributed by atoms with Gasteiger partial charge in [0.25, 0.3) is 0 Å². The molecule has 0 aliphatic rings. The third-order valence-corrected chi connectivity index (χ3v) is 3.60. The van der Waals surface area contributed by atoms with Crippen molar-refractivity contribution in [1.29, 1.82) is 0 Å². The van der Waals surface area contributed by atoms with Crippen molar-refractivity contribution in [1.82, 2.24) is 0 Å². The van der Waals surface area contributed by atoms with Crippen LogP contribution < -0.4 is 4.74 Å². The molecule has 0 aromatic heterocycles. The van der Waals surface area contributed by atoms with Gasteiger partial charge in [-0.2, -0.15) is 0 Å². The first kappa shape index (κ1) is 16.0. The van der Waals surface area contributed by atoms with Crippen LogP contribution in [-0.2, 0) is 6.42 Å². The first-order chi connectivity index (χ1) is 9.17. The second kappa shape index (κ2) is 8.98. The van der Waals surface area contributed by atoms with Crippen LogP contribution in [0.1, 0.15) is 56.6 Å². The maximum Gasteiger partial charge on any atom is 0.122 e. The van der Waals surface area contributed by atoms with Crippen LogP contribution in [0.25, 0.3) is 0 Å². The van der Waals surface area contributed by atoms with Gasteiger partial charge in [0.2, 0.25) is 0 Å². The van der Waals surface area contributed by atoms with Gasteiger partial charge in [-0.25, -0.2) is 0 Å². The Morgan fingerprint density at radius 2 is 1.95 bits per heavy atom. The Hall–Kier alpha value is -1.02. The van der Waals surface area contributed by atoms with E-state index >= 15 is 0 Å². The molecule has 1 aromatic carbocycles. The van der Waals surface area contributed by atoms with Gasteiger partial charge in [0.05, 0.1) is 13.2 Å². The summed E-state index contributed by atoms with van der Waals surface area (Å²) in [5, 5.41) is 9.65. The van der Waals surface area contributed by atoms with Gasteiger partial charge < -0.3 is 9.84 Å². The number of rotatable bonds is 9. The lowest BCUT2D eigenvalue weighted by Crippen LogP contribution is -2.05. The molecule has 108 valence electrons. The van der Waals surface area contributed by atoms with Crippen molar-refractivity contribution in [3.63, 3.8) is 0 Å².